The zero-order chi connectivity index (χ0) is 27.1. The second kappa shape index (κ2) is 10.1. The molecule has 1 saturated carbocycles. The number of rotatable bonds is 7. The van der Waals surface area contributed by atoms with Gasteiger partial charge in [-0.15, -0.1) is 5.53 Å². The molecule has 13 heteroatoms. The van der Waals surface area contributed by atoms with Gasteiger partial charge in [0.15, 0.2) is 5.82 Å². The van der Waals surface area contributed by atoms with Crippen molar-refractivity contribution < 1.29 is 8.78 Å². The average Bonchev–Trinajstić information content (AvgIpc) is 3.66. The van der Waals surface area contributed by atoms with Crippen molar-refractivity contribution in [2.75, 3.05) is 10.6 Å². The zero-order valence-corrected chi connectivity index (χ0v) is 21.5. The van der Waals surface area contributed by atoms with Gasteiger partial charge in [-0.2, -0.15) is 9.65 Å². The summed E-state index contributed by atoms with van der Waals surface area (Å²) in [5.41, 5.74) is 9.70. The Morgan fingerprint density at radius 3 is 2.64 bits per heavy atom. The van der Waals surface area contributed by atoms with Crippen molar-refractivity contribution in [2.24, 2.45) is 0 Å². The first-order chi connectivity index (χ1) is 18.9. The molecule has 4 N–H and O–H groups in total. The van der Waals surface area contributed by atoms with Gasteiger partial charge < -0.3 is 16.1 Å². The number of nitrogens with one attached hydrogen (secondary N) is 4. The minimum atomic E-state index is -1.22. The van der Waals surface area contributed by atoms with Gasteiger partial charge in [-0.05, 0) is 31.0 Å². The van der Waals surface area contributed by atoms with Crippen molar-refractivity contribution in [1.82, 2.24) is 30.9 Å². The number of anilines is 3. The van der Waals surface area contributed by atoms with Gasteiger partial charge in [-0.1, -0.05) is 23.2 Å². The molecule has 1 atom stereocenters. The number of nitrogens with zero attached hydrogens (tertiary/aromatic N) is 5. The van der Waals surface area contributed by atoms with E-state index in [9.17, 15) is 14.0 Å². The van der Waals surface area contributed by atoms with Crippen molar-refractivity contribution >= 4 is 51.2 Å². The van der Waals surface area contributed by atoms with Crippen LogP contribution in [0.5, 0.6) is 0 Å². The van der Waals surface area contributed by atoms with Crippen molar-refractivity contribution in [3.8, 4) is 6.07 Å². The number of hydrazine groups is 2. The predicted molar refractivity (Wildman–Crippen MR) is 144 cm³/mol. The van der Waals surface area contributed by atoms with Crippen molar-refractivity contribution in [3.05, 3.63) is 93.9 Å². The Kier molecular flexibility index (Phi) is 6.52. The van der Waals surface area contributed by atoms with E-state index in [1.807, 2.05) is 17.3 Å². The van der Waals surface area contributed by atoms with Crippen LogP contribution in [0.1, 0.15) is 30.0 Å². The minimum absolute atomic E-state index is 0.154. The Morgan fingerprint density at radius 1 is 1.05 bits per heavy atom. The quantitative estimate of drug-likeness (QED) is 0.209. The van der Waals surface area contributed by atoms with Crippen LogP contribution in [0.4, 0.5) is 25.8 Å². The third-order valence-corrected chi connectivity index (χ3v) is 6.83. The van der Waals surface area contributed by atoms with E-state index < -0.39 is 17.8 Å². The molecule has 0 spiro atoms. The molecule has 1 aliphatic carbocycles. The standard InChI is InChI=1S/C26H19Cl2F2N9/c27-15-3-13(8-32-10-15)24(22-12-39(38-37-22)18-1-2-18)35-16-4-19-23(36-17-6-21(29)26(30)34-11-17)14(7-31)9-33-25(19)20(28)5-16/h3-6,8-12,18,24,35,37-38H,1-2H2,(H,33,36)/t24-/m0/s1. The first-order valence-corrected chi connectivity index (χ1v) is 12.6. The van der Waals surface area contributed by atoms with E-state index in [4.69, 9.17) is 23.2 Å². The summed E-state index contributed by atoms with van der Waals surface area (Å²) in [7, 11) is 0. The van der Waals surface area contributed by atoms with Crippen LogP contribution in [0.2, 0.25) is 10.0 Å². The molecular formula is C26H19Cl2F2N9. The van der Waals surface area contributed by atoms with Crippen LogP contribution in [0, 0.1) is 23.1 Å². The number of pyridine rings is 3. The van der Waals surface area contributed by atoms with Gasteiger partial charge in [-0.25, -0.2) is 9.37 Å². The maximum atomic E-state index is 13.8. The highest BCUT2D eigenvalue weighted by atomic mass is 35.5. The fourth-order valence-corrected chi connectivity index (χ4v) is 4.78. The van der Waals surface area contributed by atoms with E-state index in [-0.39, 0.29) is 11.3 Å². The van der Waals surface area contributed by atoms with Crippen LogP contribution in [-0.4, -0.2) is 26.0 Å². The van der Waals surface area contributed by atoms with Crippen molar-refractivity contribution in [1.29, 1.82) is 5.26 Å². The van der Waals surface area contributed by atoms with Crippen LogP contribution in [0.25, 0.3) is 10.9 Å². The van der Waals surface area contributed by atoms with Crippen LogP contribution in [-0.2, 0) is 0 Å². The van der Waals surface area contributed by atoms with Gasteiger partial charge in [0.25, 0.3) is 0 Å². The van der Waals surface area contributed by atoms with E-state index in [2.05, 4.69) is 42.6 Å². The maximum Gasteiger partial charge on any atom is 0.249 e. The fourth-order valence-electron chi connectivity index (χ4n) is 4.33. The lowest BCUT2D eigenvalue weighted by Crippen LogP contribution is -2.38. The SMILES string of the molecule is N#Cc1cnc2c(Cl)cc(N[C@H](C3=CN(C4CC4)NN3)c3cncc(Cl)c3)cc2c1Nc1cnc(F)c(F)c1. The molecule has 0 radical (unpaired) electrons. The van der Waals surface area contributed by atoms with Gasteiger partial charge in [0, 0.05) is 53.5 Å². The number of nitriles is 1. The first-order valence-electron chi connectivity index (χ1n) is 11.9. The molecule has 4 aromatic rings. The third kappa shape index (κ3) is 5.09. The molecule has 0 unspecified atom stereocenters. The molecule has 1 fully saturated rings. The number of hydrogen-bond acceptors (Lipinski definition) is 9. The number of hydrogen-bond donors (Lipinski definition) is 4. The molecule has 3 aromatic heterocycles. The summed E-state index contributed by atoms with van der Waals surface area (Å²) in [5.74, 6) is -2.34. The summed E-state index contributed by atoms with van der Waals surface area (Å²) in [6.07, 6.45) is 9.97. The van der Waals surface area contributed by atoms with Gasteiger partial charge in [0.2, 0.25) is 5.95 Å². The second-order valence-corrected chi connectivity index (χ2v) is 9.95. The zero-order valence-electron chi connectivity index (χ0n) is 20.0. The topological polar surface area (TPSA) is 114 Å². The summed E-state index contributed by atoms with van der Waals surface area (Å²) >= 11 is 12.9. The lowest BCUT2D eigenvalue weighted by molar-refractivity contribution is 0.260. The summed E-state index contributed by atoms with van der Waals surface area (Å²) in [4.78, 5) is 12.0. The van der Waals surface area contributed by atoms with Gasteiger partial charge in [-0.3, -0.25) is 15.0 Å². The third-order valence-electron chi connectivity index (χ3n) is 6.34. The molecule has 39 heavy (non-hydrogen) atoms. The van der Waals surface area contributed by atoms with E-state index in [1.54, 1.807) is 24.5 Å². The van der Waals surface area contributed by atoms with Crippen LogP contribution in [0.3, 0.4) is 0 Å². The molecule has 9 nitrogen and oxygen atoms in total. The Morgan fingerprint density at radius 2 is 1.90 bits per heavy atom. The van der Waals surface area contributed by atoms with Gasteiger partial charge in [0.1, 0.15) is 6.07 Å². The highest BCUT2D eigenvalue weighted by molar-refractivity contribution is 6.36. The second-order valence-electron chi connectivity index (χ2n) is 9.11. The lowest BCUT2D eigenvalue weighted by Gasteiger charge is -2.22. The molecule has 0 amide bonds. The number of halogens is 4. The number of benzene rings is 1. The Labute approximate surface area is 231 Å². The molecule has 0 saturated heterocycles. The predicted octanol–water partition coefficient (Wildman–Crippen LogP) is 5.71. The van der Waals surface area contributed by atoms with Crippen LogP contribution in [0.15, 0.2) is 60.9 Å². The fraction of sp³-hybridized carbons (Fsp3) is 0.154. The highest BCUT2D eigenvalue weighted by Gasteiger charge is 2.32. The van der Waals surface area contributed by atoms with Crippen LogP contribution < -0.4 is 21.6 Å². The number of fused-ring (bicyclic) bond motifs is 1. The summed E-state index contributed by atoms with van der Waals surface area (Å²) in [5, 5.41) is 19.5. The van der Waals surface area contributed by atoms with E-state index in [0.29, 0.717) is 38.4 Å². The maximum absolute atomic E-state index is 13.8. The molecular weight excluding hydrogens is 547 g/mol. The van der Waals surface area contributed by atoms with E-state index in [0.717, 1.165) is 36.4 Å². The summed E-state index contributed by atoms with van der Waals surface area (Å²) < 4.78 is 27.2. The molecule has 4 heterocycles. The van der Waals surface area contributed by atoms with E-state index in [1.165, 1.54) is 6.20 Å². The highest BCUT2D eigenvalue weighted by Crippen LogP contribution is 2.37. The molecule has 196 valence electrons. The van der Waals surface area contributed by atoms with Crippen LogP contribution >= 0.6 is 23.2 Å². The Bertz CT molecular complexity index is 1670. The van der Waals surface area contributed by atoms with Gasteiger partial charge in [0.05, 0.1) is 50.4 Å². The molecule has 1 aromatic carbocycles. The largest absolute Gasteiger partial charge is 0.373 e. The minimum Gasteiger partial charge on any atom is -0.373 e. The monoisotopic (exact) mass is 565 g/mol. The van der Waals surface area contributed by atoms with E-state index >= 15 is 0 Å². The Hall–Kier alpha value is -4.24. The lowest BCUT2D eigenvalue weighted by atomic mass is 10.0. The molecule has 0 bridgehead atoms. The summed E-state index contributed by atoms with van der Waals surface area (Å²) in [6, 6.07) is 8.37. The molecule has 1 aliphatic heterocycles. The number of aromatic nitrogens is 3. The van der Waals surface area contributed by atoms with Crippen molar-refractivity contribution in [3.63, 3.8) is 0 Å². The normalized spacial score (nSPS) is 15.5. The first kappa shape index (κ1) is 25.1. The Balaban J connectivity index is 1.42. The van der Waals surface area contributed by atoms with Gasteiger partial charge >= 0.3 is 0 Å². The van der Waals surface area contributed by atoms with Crippen molar-refractivity contribution in [2.45, 2.75) is 24.9 Å². The smallest absolute Gasteiger partial charge is 0.249 e. The molecule has 2 aliphatic rings. The summed E-state index contributed by atoms with van der Waals surface area (Å²) in [6.45, 7) is 0. The average molecular weight is 566 g/mol. The molecule has 6 rings (SSSR count).